The fourth-order valence-electron chi connectivity index (χ4n) is 9.70. The lowest BCUT2D eigenvalue weighted by molar-refractivity contribution is 0.237. The van der Waals surface area contributed by atoms with Gasteiger partial charge in [-0.2, -0.15) is 0 Å². The van der Waals surface area contributed by atoms with Crippen molar-refractivity contribution in [2.24, 2.45) is 23.7 Å². The Morgan fingerprint density at radius 2 is 1.46 bits per heavy atom. The van der Waals surface area contributed by atoms with Crippen molar-refractivity contribution < 1.29 is 0 Å². The molecule has 1 N–H and O–H groups in total. The summed E-state index contributed by atoms with van der Waals surface area (Å²) in [6.07, 6.45) is 30.9. The van der Waals surface area contributed by atoms with E-state index in [0.717, 1.165) is 46.4 Å². The van der Waals surface area contributed by atoms with Crippen LogP contribution in [0.3, 0.4) is 0 Å². The highest BCUT2D eigenvalue weighted by molar-refractivity contribution is 7.96. The average Bonchev–Trinajstić information content (AvgIpc) is 3.79. The zero-order chi connectivity index (χ0) is 44.5. The molecule has 2 heterocycles. The van der Waals surface area contributed by atoms with Crippen molar-refractivity contribution in [3.05, 3.63) is 111 Å². The highest BCUT2D eigenvalue weighted by Crippen LogP contribution is 2.54. The molecule has 3 aromatic rings. The van der Waals surface area contributed by atoms with Crippen LogP contribution in [-0.2, 0) is 6.42 Å². The Kier molecular flexibility index (Phi) is 22.0. The summed E-state index contributed by atoms with van der Waals surface area (Å²) in [7, 11) is 0. The summed E-state index contributed by atoms with van der Waals surface area (Å²) in [4.78, 5) is 5.84. The topological polar surface area (TPSA) is 12.0 Å². The summed E-state index contributed by atoms with van der Waals surface area (Å²) in [5.41, 5.74) is 12.0. The fraction of sp³-hybridized carbons (Fsp3) is 0.579. The molecule has 61 heavy (non-hydrogen) atoms. The van der Waals surface area contributed by atoms with Gasteiger partial charge in [0.25, 0.3) is 0 Å². The number of hydrogen-bond acceptors (Lipinski definition) is 4. The predicted molar refractivity (Wildman–Crippen MR) is 279 cm³/mol. The molecule has 0 radical (unpaired) electrons. The van der Waals surface area contributed by atoms with Gasteiger partial charge in [0.2, 0.25) is 0 Å². The molecule has 334 valence electrons. The number of unbranched alkanes of at least 4 members (excludes halogenated alkanes) is 2. The first-order valence-electron chi connectivity index (χ1n) is 24.6. The minimum atomic E-state index is 0.0704. The van der Waals surface area contributed by atoms with Gasteiger partial charge in [0.15, 0.2) is 0 Å². The largest absolute Gasteiger partial charge is 0.252 e. The molecule has 0 aliphatic heterocycles. The van der Waals surface area contributed by atoms with E-state index in [4.69, 9.17) is 0 Å². The quantitative estimate of drug-likeness (QED) is 0.120. The number of rotatable bonds is 19. The van der Waals surface area contributed by atoms with Crippen molar-refractivity contribution in [1.82, 2.24) is 4.72 Å². The second-order valence-electron chi connectivity index (χ2n) is 18.0. The van der Waals surface area contributed by atoms with E-state index in [1.807, 2.05) is 36.5 Å². The van der Waals surface area contributed by atoms with Gasteiger partial charge in [-0.1, -0.05) is 188 Å². The Hall–Kier alpha value is -2.55. The first-order valence-corrected chi connectivity index (χ1v) is 27.4. The average molecular weight is 878 g/mol. The number of nitrogens with one attached hydrogen (secondary N) is 1. The van der Waals surface area contributed by atoms with E-state index in [0.29, 0.717) is 11.8 Å². The van der Waals surface area contributed by atoms with Gasteiger partial charge in [-0.15, -0.1) is 22.7 Å². The van der Waals surface area contributed by atoms with Crippen LogP contribution in [0.15, 0.2) is 77.4 Å². The maximum atomic E-state index is 4.67. The molecule has 0 fully saturated rings. The van der Waals surface area contributed by atoms with Crippen LogP contribution in [-0.4, -0.2) is 12.3 Å². The SMILES string of the molecule is C=C1C(c2c#cc(-c3cc4c(s3)-c3sc(C)cc3C(C(CC(CC)CCCC)CC(CC)CCCC)C4)cc2)=CC=C(C2=CC=C(C(C)C)CCC2)C1NSC.CC.CCC. The number of hydrogen-bond donors (Lipinski definition) is 1. The van der Waals surface area contributed by atoms with Crippen LogP contribution in [0, 0.1) is 42.7 Å². The molecule has 0 spiro atoms. The Balaban J connectivity index is 0.00000157. The summed E-state index contributed by atoms with van der Waals surface area (Å²) < 4.78 is 3.69. The highest BCUT2D eigenvalue weighted by atomic mass is 32.2. The Morgan fingerprint density at radius 1 is 0.820 bits per heavy atom. The van der Waals surface area contributed by atoms with Crippen LogP contribution in [0.1, 0.15) is 187 Å². The van der Waals surface area contributed by atoms with Crippen LogP contribution >= 0.6 is 34.6 Å². The Bertz CT molecular complexity index is 1890. The van der Waals surface area contributed by atoms with Gasteiger partial charge in [0.05, 0.1) is 6.04 Å². The molecule has 3 aliphatic rings. The molecule has 3 aliphatic carbocycles. The summed E-state index contributed by atoms with van der Waals surface area (Å²) in [5.74, 6) is 3.62. The van der Waals surface area contributed by atoms with Crippen LogP contribution < -0.4 is 4.72 Å². The van der Waals surface area contributed by atoms with Crippen molar-refractivity contribution in [3.8, 4) is 20.2 Å². The lowest BCUT2D eigenvalue weighted by Gasteiger charge is -2.35. The van der Waals surface area contributed by atoms with Crippen molar-refractivity contribution >= 4 is 40.2 Å². The van der Waals surface area contributed by atoms with Crippen molar-refractivity contribution in [3.63, 3.8) is 0 Å². The van der Waals surface area contributed by atoms with E-state index in [1.165, 1.54) is 116 Å². The molecular weight excluding hydrogens is 795 g/mol. The van der Waals surface area contributed by atoms with Crippen molar-refractivity contribution in [2.75, 3.05) is 6.26 Å². The van der Waals surface area contributed by atoms with E-state index >= 15 is 0 Å². The third kappa shape index (κ3) is 13.5. The molecule has 0 bridgehead atoms. The molecule has 0 saturated heterocycles. The van der Waals surface area contributed by atoms with Crippen LogP contribution in [0.5, 0.6) is 0 Å². The lowest BCUT2D eigenvalue weighted by atomic mass is 9.70. The van der Waals surface area contributed by atoms with E-state index in [2.05, 4.69) is 141 Å². The molecule has 4 atom stereocenters. The number of fused-ring (bicyclic) bond motifs is 3. The predicted octanol–water partition coefficient (Wildman–Crippen LogP) is 18.8. The van der Waals surface area contributed by atoms with Crippen molar-refractivity contribution in [2.45, 2.75) is 184 Å². The van der Waals surface area contributed by atoms with Gasteiger partial charge in [-0.05, 0) is 139 Å². The summed E-state index contributed by atoms with van der Waals surface area (Å²) in [6.45, 7) is 29.5. The van der Waals surface area contributed by atoms with E-state index < -0.39 is 0 Å². The Labute approximate surface area is 388 Å². The molecule has 1 nitrogen and oxygen atoms in total. The molecule has 1 aromatic carbocycles. The van der Waals surface area contributed by atoms with Gasteiger partial charge in [-0.3, -0.25) is 4.72 Å². The van der Waals surface area contributed by atoms with Crippen LogP contribution in [0.4, 0.5) is 0 Å². The molecule has 2 aromatic heterocycles. The maximum Gasteiger partial charge on any atom is 0.0674 e. The van der Waals surface area contributed by atoms with Gasteiger partial charge in [0, 0.05) is 30.6 Å². The van der Waals surface area contributed by atoms with Gasteiger partial charge in [0.1, 0.15) is 0 Å². The lowest BCUT2D eigenvalue weighted by Crippen LogP contribution is -2.30. The second kappa shape index (κ2) is 26.3. The number of aryl methyl sites for hydroxylation is 1. The van der Waals surface area contributed by atoms with E-state index in [1.54, 1.807) is 33.5 Å². The van der Waals surface area contributed by atoms with Gasteiger partial charge >= 0.3 is 0 Å². The van der Waals surface area contributed by atoms with Crippen LogP contribution in [0.25, 0.3) is 25.8 Å². The summed E-state index contributed by atoms with van der Waals surface area (Å²) in [6, 6.07) is 16.9. The third-order valence-electron chi connectivity index (χ3n) is 13.2. The number of allylic oxidation sites excluding steroid dienone is 5. The minimum absolute atomic E-state index is 0.0704. The zero-order valence-electron chi connectivity index (χ0n) is 40.6. The summed E-state index contributed by atoms with van der Waals surface area (Å²) in [5, 5.41) is 0. The third-order valence-corrected chi connectivity index (χ3v) is 16.1. The normalized spacial score (nSPS) is 18.7. The van der Waals surface area contributed by atoms with E-state index in [9.17, 15) is 0 Å². The second-order valence-corrected chi connectivity index (χ2v) is 21.0. The highest BCUT2D eigenvalue weighted by Gasteiger charge is 2.36. The molecule has 6 rings (SSSR count). The monoisotopic (exact) mass is 878 g/mol. The van der Waals surface area contributed by atoms with Gasteiger partial charge < -0.3 is 0 Å². The molecule has 4 unspecified atom stereocenters. The summed E-state index contributed by atoms with van der Waals surface area (Å²) >= 11 is 5.69. The van der Waals surface area contributed by atoms with Crippen molar-refractivity contribution in [1.29, 1.82) is 0 Å². The molecule has 0 amide bonds. The first kappa shape index (κ1) is 51.1. The van der Waals surface area contributed by atoms with Gasteiger partial charge in [-0.25, -0.2) is 0 Å². The molecule has 4 heteroatoms. The van der Waals surface area contributed by atoms with Crippen LogP contribution in [0.2, 0.25) is 0 Å². The number of thiophene rings is 2. The molecular formula is C57H83NS3. The first-order chi connectivity index (χ1) is 29.6. The molecule has 0 saturated carbocycles. The maximum absolute atomic E-state index is 4.67. The Morgan fingerprint density at radius 3 is 2.03 bits per heavy atom. The smallest absolute Gasteiger partial charge is 0.0674 e. The zero-order valence-corrected chi connectivity index (χ0v) is 43.1. The standard InChI is InChI=1S/C52H69NS3.C3H8.C2H6/c1-10-14-17-37(12-3)30-43(31-38(13-4)18-15-11-2)47-32-44-33-49(56-51(44)52-48(47)29-35(7)55-52)42-25-23-41(24-26-42)45-27-28-46(50(36(45)8)53-54-9)40-20-16-19-39(21-22-40)34(5)6;1-3-2;1-2/h21-23,25,27-29,33-34,37-38,43,47,50,53H,8,10-20,30-32H2,1-7,9H3;3H2,1-2H3;1-2H3. The fourth-order valence-corrected chi connectivity index (χ4v) is 12.6. The minimum Gasteiger partial charge on any atom is -0.252 e. The van der Waals surface area contributed by atoms with E-state index in [-0.39, 0.29) is 6.04 Å².